The fraction of sp³-hybridized carbons (Fsp3) is 0.316. The summed E-state index contributed by atoms with van der Waals surface area (Å²) >= 11 is 0. The zero-order valence-electron chi connectivity index (χ0n) is 15.4. The lowest BCUT2D eigenvalue weighted by molar-refractivity contribution is -0.408. The van der Waals surface area contributed by atoms with Crippen molar-refractivity contribution in [3.05, 3.63) is 41.7 Å². The lowest BCUT2D eigenvalue weighted by Gasteiger charge is -2.28. The Kier molecular flexibility index (Phi) is 5.16. The van der Waals surface area contributed by atoms with Crippen LogP contribution in [0.25, 0.3) is 0 Å². The van der Waals surface area contributed by atoms with E-state index in [1.54, 1.807) is 18.2 Å². The molecule has 1 atom stereocenters. The number of rotatable bonds is 5. The van der Waals surface area contributed by atoms with Gasteiger partial charge >= 0.3 is 11.9 Å². The molecule has 0 aromatic heterocycles. The number of urea groups is 1. The number of aliphatic imine (C=N–C) groups is 1. The van der Waals surface area contributed by atoms with Crippen molar-refractivity contribution >= 4 is 35.6 Å². The van der Waals surface area contributed by atoms with Gasteiger partial charge in [-0.3, -0.25) is 9.59 Å². The van der Waals surface area contributed by atoms with Crippen LogP contribution in [0.1, 0.15) is 12.5 Å². The Bertz CT molecular complexity index is 901. The predicted molar refractivity (Wildman–Crippen MR) is 99.8 cm³/mol. The Morgan fingerprint density at radius 2 is 2.07 bits per heavy atom. The molecule has 0 radical (unpaired) electrons. The minimum absolute atomic E-state index is 0.298. The first-order valence-electron chi connectivity index (χ1n) is 8.62. The number of amidine groups is 1. The number of hydrogen-bond acceptors (Lipinski definition) is 5. The Morgan fingerprint density at radius 3 is 2.78 bits per heavy atom. The second-order valence-corrected chi connectivity index (χ2v) is 6.20. The zero-order valence-corrected chi connectivity index (χ0v) is 15.4. The molecule has 0 saturated heterocycles. The van der Waals surface area contributed by atoms with Gasteiger partial charge in [-0.2, -0.15) is 9.48 Å². The number of fused-ring (bicyclic) bond motifs is 1. The second-order valence-electron chi connectivity index (χ2n) is 6.20. The van der Waals surface area contributed by atoms with Crippen LogP contribution in [-0.2, 0) is 14.3 Å². The smallest absolute Gasteiger partial charge is 0.446 e. The van der Waals surface area contributed by atoms with Gasteiger partial charge in [0.05, 0.1) is 13.7 Å². The molecule has 0 spiro atoms. The summed E-state index contributed by atoms with van der Waals surface area (Å²) in [5.41, 5.74) is 1.52. The number of carbonyl (C=O) groups is 3. The van der Waals surface area contributed by atoms with Gasteiger partial charge in [0.25, 0.3) is 11.7 Å². The number of para-hydroxylation sites is 1. The number of allylic oxidation sites excluding steroid dienone is 1. The number of dihydropyridines is 1. The largest absolute Gasteiger partial charge is 0.497 e. The van der Waals surface area contributed by atoms with E-state index in [0.29, 0.717) is 23.9 Å². The lowest BCUT2D eigenvalue weighted by Crippen LogP contribution is -2.56. The molecule has 1 aromatic rings. The van der Waals surface area contributed by atoms with Crippen LogP contribution in [-0.4, -0.2) is 59.6 Å². The molecule has 27 heavy (non-hydrogen) atoms. The van der Waals surface area contributed by atoms with E-state index in [1.165, 1.54) is 17.8 Å². The highest BCUT2D eigenvalue weighted by atomic mass is 16.5. The van der Waals surface area contributed by atoms with Crippen molar-refractivity contribution in [2.75, 3.05) is 25.5 Å². The van der Waals surface area contributed by atoms with Gasteiger partial charge in [0.1, 0.15) is 12.0 Å². The third-order valence-corrected chi connectivity index (χ3v) is 4.39. The van der Waals surface area contributed by atoms with Gasteiger partial charge < -0.3 is 10.1 Å². The van der Waals surface area contributed by atoms with Gasteiger partial charge in [-0.15, -0.1) is 4.99 Å². The van der Waals surface area contributed by atoms with Crippen LogP contribution in [0.5, 0.6) is 0 Å². The topological polar surface area (TPSA) is 91.1 Å². The van der Waals surface area contributed by atoms with E-state index in [4.69, 9.17) is 4.74 Å². The van der Waals surface area contributed by atoms with Crippen molar-refractivity contribution < 1.29 is 23.7 Å². The molecule has 0 fully saturated rings. The van der Waals surface area contributed by atoms with E-state index in [9.17, 15) is 14.4 Å². The quantitative estimate of drug-likeness (QED) is 0.798. The summed E-state index contributed by atoms with van der Waals surface area (Å²) in [6, 6.07) is 6.69. The number of nitrogens with one attached hydrogen (secondary N) is 1. The molecule has 140 valence electrons. The third kappa shape index (κ3) is 3.51. The molecule has 8 nitrogen and oxygen atoms in total. The minimum Gasteiger partial charge on any atom is -0.497 e. The van der Waals surface area contributed by atoms with Crippen LogP contribution in [0.3, 0.4) is 0 Å². The summed E-state index contributed by atoms with van der Waals surface area (Å²) in [5.74, 6) is -1.10. The Morgan fingerprint density at radius 1 is 1.33 bits per heavy atom. The fourth-order valence-electron chi connectivity index (χ4n) is 3.02. The number of aryl methyl sites for hydroxylation is 1. The molecule has 3 rings (SSSR count). The van der Waals surface area contributed by atoms with Crippen LogP contribution in [0.4, 0.5) is 10.5 Å². The highest BCUT2D eigenvalue weighted by Crippen LogP contribution is 2.25. The van der Waals surface area contributed by atoms with Gasteiger partial charge in [-0.25, -0.2) is 4.79 Å². The number of hydrogen-bond donors (Lipinski definition) is 1. The van der Waals surface area contributed by atoms with E-state index in [0.717, 1.165) is 10.5 Å². The summed E-state index contributed by atoms with van der Waals surface area (Å²) in [7, 11) is 1.52. The van der Waals surface area contributed by atoms with Gasteiger partial charge in [-0.05, 0) is 25.5 Å². The highest BCUT2D eigenvalue weighted by Gasteiger charge is 2.50. The predicted octanol–water partition coefficient (Wildman–Crippen LogP) is 1.56. The molecule has 2 aliphatic heterocycles. The molecule has 8 heteroatoms. The molecule has 2 aliphatic rings. The van der Waals surface area contributed by atoms with Crippen molar-refractivity contribution in [1.82, 2.24) is 4.90 Å². The molecule has 0 bridgehead atoms. The van der Waals surface area contributed by atoms with Crippen LogP contribution in [0.2, 0.25) is 0 Å². The molecule has 1 aromatic carbocycles. The van der Waals surface area contributed by atoms with Crippen molar-refractivity contribution in [2.45, 2.75) is 13.8 Å². The third-order valence-electron chi connectivity index (χ3n) is 4.39. The van der Waals surface area contributed by atoms with Gasteiger partial charge in [0, 0.05) is 11.8 Å². The summed E-state index contributed by atoms with van der Waals surface area (Å²) < 4.78 is 6.81. The average Bonchev–Trinajstić information content (AvgIpc) is 2.65. The molecule has 1 unspecified atom stereocenters. The first-order valence-corrected chi connectivity index (χ1v) is 8.62. The van der Waals surface area contributed by atoms with Crippen LogP contribution in [0.15, 0.2) is 41.1 Å². The first-order chi connectivity index (χ1) is 12.9. The molecule has 2 heterocycles. The molecular formula is C19H21N4O4+. The summed E-state index contributed by atoms with van der Waals surface area (Å²) in [6.45, 7) is 3.66. The van der Waals surface area contributed by atoms with Crippen molar-refractivity contribution in [3.63, 3.8) is 0 Å². The van der Waals surface area contributed by atoms with Crippen molar-refractivity contribution in [3.8, 4) is 0 Å². The maximum absolute atomic E-state index is 12.9. The summed E-state index contributed by atoms with van der Waals surface area (Å²) in [6.07, 6.45) is 3.10. The maximum atomic E-state index is 12.9. The van der Waals surface area contributed by atoms with E-state index in [-0.39, 0.29) is 6.54 Å². The van der Waals surface area contributed by atoms with Crippen molar-refractivity contribution in [1.29, 1.82) is 0 Å². The molecule has 1 N–H and O–H groups in total. The molecule has 0 saturated carbocycles. The first kappa shape index (κ1) is 18.5. The number of carbonyl (C=O) groups excluding carboxylic acids is 3. The number of ether oxygens (including phenoxy) is 1. The fourth-order valence-corrected chi connectivity index (χ4v) is 3.02. The number of amides is 4. The average molecular weight is 369 g/mol. The molecule has 4 amide bonds. The maximum Gasteiger partial charge on any atom is 0.446 e. The normalized spacial score (nSPS) is 19.0. The van der Waals surface area contributed by atoms with E-state index in [1.807, 2.05) is 26.0 Å². The lowest BCUT2D eigenvalue weighted by atomic mass is 9.99. The Hall–Kier alpha value is -3.29. The number of benzene rings is 1. The molecular weight excluding hydrogens is 348 g/mol. The second kappa shape index (κ2) is 7.53. The van der Waals surface area contributed by atoms with E-state index < -0.39 is 23.8 Å². The van der Waals surface area contributed by atoms with Crippen LogP contribution < -0.4 is 5.32 Å². The number of anilines is 1. The number of nitrogens with zero attached hydrogens (tertiary/aromatic N) is 3. The Balaban J connectivity index is 1.83. The monoisotopic (exact) mass is 369 g/mol. The van der Waals surface area contributed by atoms with Crippen molar-refractivity contribution in [2.24, 2.45) is 10.9 Å². The number of imide groups is 1. The standard InChI is InChI=1S/C19H20N4O4/c1-4-27-14-9-10-20-17-16(14)18(25)23(19(26)22(17)3)11-15(24)21-13-8-6-5-7-12(13)2/h5-10,16H,4,11H2,1-3H3/p+1. The SMILES string of the molecule is CCOC1=CC=NC2=[N+](C)C(=O)N(CC(=O)Nc3ccccc3C)C(=O)C12. The van der Waals surface area contributed by atoms with E-state index >= 15 is 0 Å². The van der Waals surface area contributed by atoms with Crippen LogP contribution >= 0.6 is 0 Å². The highest BCUT2D eigenvalue weighted by molar-refractivity contribution is 6.16. The van der Waals surface area contributed by atoms with Gasteiger partial charge in [0.15, 0.2) is 12.5 Å². The minimum atomic E-state index is -0.830. The van der Waals surface area contributed by atoms with E-state index in [2.05, 4.69) is 10.3 Å². The van der Waals surface area contributed by atoms with Gasteiger partial charge in [0.2, 0.25) is 0 Å². The van der Waals surface area contributed by atoms with Crippen LogP contribution in [0, 0.1) is 12.8 Å². The molecule has 0 aliphatic carbocycles. The Labute approximate surface area is 156 Å². The summed E-state index contributed by atoms with van der Waals surface area (Å²) in [4.78, 5) is 43.1. The summed E-state index contributed by atoms with van der Waals surface area (Å²) in [5, 5.41) is 2.74. The zero-order chi connectivity index (χ0) is 19.6. The van der Waals surface area contributed by atoms with Gasteiger partial charge in [-0.1, -0.05) is 18.2 Å².